The average Bonchev–Trinajstić information content (AvgIpc) is 3.28. The molecule has 0 bridgehead atoms. The molecule has 0 aliphatic carbocycles. The number of carbonyl (C=O) groups excluding carboxylic acids is 1. The van der Waals surface area contributed by atoms with Crippen molar-refractivity contribution in [2.24, 2.45) is 0 Å². The molecule has 0 unspecified atom stereocenters. The van der Waals surface area contributed by atoms with Crippen LogP contribution < -0.4 is 5.32 Å². The van der Waals surface area contributed by atoms with Gasteiger partial charge in [0, 0.05) is 16.5 Å². The topological polar surface area (TPSA) is 76.1 Å². The van der Waals surface area contributed by atoms with Crippen LogP contribution in [0.1, 0.15) is 35.3 Å². The molecule has 168 valence electrons. The highest BCUT2D eigenvalue weighted by molar-refractivity contribution is 7.92. The van der Waals surface area contributed by atoms with Crippen molar-refractivity contribution in [1.82, 2.24) is 4.98 Å². The fraction of sp³-hybridized carbons (Fsp3) is 0.154. The van der Waals surface area contributed by atoms with Gasteiger partial charge in [0.2, 0.25) is 0 Å². The van der Waals surface area contributed by atoms with Crippen molar-refractivity contribution in [3.63, 3.8) is 0 Å². The fourth-order valence-corrected chi connectivity index (χ4v) is 5.16. The smallest absolute Gasteiger partial charge is 0.257 e. The Hall–Kier alpha value is -3.29. The third-order valence-electron chi connectivity index (χ3n) is 5.27. The first-order valence-corrected chi connectivity index (χ1v) is 13.0. The van der Waals surface area contributed by atoms with Crippen LogP contribution in [-0.4, -0.2) is 24.6 Å². The molecule has 1 N–H and O–H groups in total. The van der Waals surface area contributed by atoms with Crippen molar-refractivity contribution < 1.29 is 13.2 Å². The molecule has 0 saturated heterocycles. The van der Waals surface area contributed by atoms with Gasteiger partial charge in [0.05, 0.1) is 15.8 Å². The fourth-order valence-electron chi connectivity index (χ4n) is 3.34. The molecule has 0 radical (unpaired) electrons. The van der Waals surface area contributed by atoms with E-state index in [1.807, 2.05) is 35.7 Å². The standard InChI is InChI=1S/C26H24N2O3S2/c1-18(2)33(30,31)23-10-6-9-22(16-23)25(29)28-26-27-24(17-32-26)21-13-11-20(12-14-21)15-19-7-4-3-5-8-19/h3-14,16-18H,15H2,1-2H3,(H,27,28,29). The van der Waals surface area contributed by atoms with Gasteiger partial charge in [0.15, 0.2) is 15.0 Å². The summed E-state index contributed by atoms with van der Waals surface area (Å²) < 4.78 is 24.8. The van der Waals surface area contributed by atoms with Crippen LogP contribution in [0.2, 0.25) is 0 Å². The summed E-state index contributed by atoms with van der Waals surface area (Å²) in [4.78, 5) is 17.4. The molecule has 4 rings (SSSR count). The summed E-state index contributed by atoms with van der Waals surface area (Å²) in [7, 11) is -3.45. The highest BCUT2D eigenvalue weighted by Crippen LogP contribution is 2.26. The summed E-state index contributed by atoms with van der Waals surface area (Å²) in [5, 5.41) is 4.56. The molecule has 1 amide bonds. The first-order valence-electron chi connectivity index (χ1n) is 10.6. The van der Waals surface area contributed by atoms with Crippen molar-refractivity contribution in [3.05, 3.63) is 101 Å². The number of amides is 1. The van der Waals surface area contributed by atoms with E-state index in [0.29, 0.717) is 5.13 Å². The Labute approximate surface area is 198 Å². The second-order valence-corrected chi connectivity index (χ2v) is 11.3. The zero-order valence-corrected chi connectivity index (χ0v) is 20.0. The van der Waals surface area contributed by atoms with Gasteiger partial charge in [0.1, 0.15) is 0 Å². The van der Waals surface area contributed by atoms with Crippen molar-refractivity contribution >= 4 is 32.2 Å². The number of nitrogens with zero attached hydrogens (tertiary/aromatic N) is 1. The number of sulfone groups is 1. The molecular weight excluding hydrogens is 452 g/mol. The predicted octanol–water partition coefficient (Wildman–Crippen LogP) is 5.84. The molecule has 0 saturated carbocycles. The van der Waals surface area contributed by atoms with E-state index in [4.69, 9.17) is 0 Å². The molecule has 0 aliphatic rings. The van der Waals surface area contributed by atoms with E-state index in [1.54, 1.807) is 26.0 Å². The van der Waals surface area contributed by atoms with Gasteiger partial charge in [0.25, 0.3) is 5.91 Å². The lowest BCUT2D eigenvalue weighted by Gasteiger charge is -2.09. The first-order chi connectivity index (χ1) is 15.8. The number of nitrogens with one attached hydrogen (secondary N) is 1. The highest BCUT2D eigenvalue weighted by atomic mass is 32.2. The Morgan fingerprint density at radius 1 is 0.939 bits per heavy atom. The number of hydrogen-bond donors (Lipinski definition) is 1. The lowest BCUT2D eigenvalue weighted by Crippen LogP contribution is -2.16. The molecule has 4 aromatic rings. The van der Waals surface area contributed by atoms with Gasteiger partial charge in [-0.1, -0.05) is 60.7 Å². The average molecular weight is 477 g/mol. The van der Waals surface area contributed by atoms with Crippen LogP contribution in [0.15, 0.2) is 89.1 Å². The van der Waals surface area contributed by atoms with Crippen molar-refractivity contribution in [1.29, 1.82) is 0 Å². The van der Waals surface area contributed by atoms with Crippen molar-refractivity contribution in [2.45, 2.75) is 30.4 Å². The van der Waals surface area contributed by atoms with Gasteiger partial charge in [-0.05, 0) is 49.6 Å². The van der Waals surface area contributed by atoms with Gasteiger partial charge in [-0.2, -0.15) is 0 Å². The summed E-state index contributed by atoms with van der Waals surface area (Å²) in [5.74, 6) is -0.394. The van der Waals surface area contributed by atoms with Crippen LogP contribution >= 0.6 is 11.3 Å². The maximum Gasteiger partial charge on any atom is 0.257 e. The van der Waals surface area contributed by atoms with Crippen LogP contribution in [-0.2, 0) is 16.3 Å². The zero-order chi connectivity index (χ0) is 23.4. The molecule has 1 aromatic heterocycles. The molecule has 33 heavy (non-hydrogen) atoms. The Kier molecular flexibility index (Phi) is 6.72. The van der Waals surface area contributed by atoms with Gasteiger partial charge < -0.3 is 0 Å². The van der Waals surface area contributed by atoms with E-state index in [9.17, 15) is 13.2 Å². The predicted molar refractivity (Wildman–Crippen MR) is 134 cm³/mol. The lowest BCUT2D eigenvalue weighted by atomic mass is 10.0. The van der Waals surface area contributed by atoms with Gasteiger partial charge in [-0.3, -0.25) is 10.1 Å². The minimum absolute atomic E-state index is 0.139. The zero-order valence-electron chi connectivity index (χ0n) is 18.4. The number of hydrogen-bond acceptors (Lipinski definition) is 5. The quantitative estimate of drug-likeness (QED) is 0.364. The minimum atomic E-state index is -3.45. The van der Waals surface area contributed by atoms with E-state index in [1.165, 1.54) is 34.6 Å². The largest absolute Gasteiger partial charge is 0.298 e. The number of thiazole rings is 1. The summed E-state index contributed by atoms with van der Waals surface area (Å²) in [6.45, 7) is 3.24. The van der Waals surface area contributed by atoms with E-state index in [-0.39, 0.29) is 10.5 Å². The number of rotatable bonds is 7. The van der Waals surface area contributed by atoms with Gasteiger partial charge in [-0.15, -0.1) is 11.3 Å². The number of aromatic nitrogens is 1. The molecule has 0 aliphatic heterocycles. The summed E-state index contributed by atoms with van der Waals surface area (Å²) in [6.07, 6.45) is 0.866. The number of benzene rings is 3. The number of anilines is 1. The SMILES string of the molecule is CC(C)S(=O)(=O)c1cccc(C(=O)Nc2nc(-c3ccc(Cc4ccccc4)cc3)cs2)c1. The molecule has 5 nitrogen and oxygen atoms in total. The maximum atomic E-state index is 12.7. The third-order valence-corrected chi connectivity index (χ3v) is 8.18. The van der Waals surface area contributed by atoms with Gasteiger partial charge in [-0.25, -0.2) is 13.4 Å². The van der Waals surface area contributed by atoms with Gasteiger partial charge >= 0.3 is 0 Å². The third kappa shape index (κ3) is 5.38. The first kappa shape index (κ1) is 22.9. The van der Waals surface area contributed by atoms with E-state index in [2.05, 4.69) is 34.6 Å². The minimum Gasteiger partial charge on any atom is -0.298 e. The monoisotopic (exact) mass is 476 g/mol. The summed E-state index contributed by atoms with van der Waals surface area (Å²) >= 11 is 1.33. The molecule has 1 heterocycles. The summed E-state index contributed by atoms with van der Waals surface area (Å²) in [5.41, 5.74) is 4.49. The molecule has 7 heteroatoms. The lowest BCUT2D eigenvalue weighted by molar-refractivity contribution is 0.102. The molecule has 3 aromatic carbocycles. The second-order valence-electron chi connectivity index (χ2n) is 7.97. The Bertz CT molecular complexity index is 1360. The normalized spacial score (nSPS) is 11.5. The molecule has 0 atom stereocenters. The second kappa shape index (κ2) is 9.68. The summed E-state index contributed by atoms with van der Waals surface area (Å²) in [6, 6.07) is 24.6. The maximum absolute atomic E-state index is 12.7. The Morgan fingerprint density at radius 3 is 2.33 bits per heavy atom. The van der Waals surface area contributed by atoms with Crippen LogP contribution in [0.5, 0.6) is 0 Å². The van der Waals surface area contributed by atoms with Crippen molar-refractivity contribution in [3.8, 4) is 11.3 Å². The Morgan fingerprint density at radius 2 is 1.64 bits per heavy atom. The van der Waals surface area contributed by atoms with Crippen molar-refractivity contribution in [2.75, 3.05) is 5.32 Å². The molecule has 0 spiro atoms. The van der Waals surface area contributed by atoms with Crippen LogP contribution in [0.4, 0.5) is 5.13 Å². The van der Waals surface area contributed by atoms with Crippen LogP contribution in [0.3, 0.4) is 0 Å². The molecular formula is C26H24N2O3S2. The Balaban J connectivity index is 1.45. The van der Waals surface area contributed by atoms with E-state index >= 15 is 0 Å². The van der Waals surface area contributed by atoms with Crippen LogP contribution in [0, 0.1) is 0 Å². The highest BCUT2D eigenvalue weighted by Gasteiger charge is 2.20. The number of carbonyl (C=O) groups is 1. The van der Waals surface area contributed by atoms with E-state index < -0.39 is 21.0 Å². The molecule has 0 fully saturated rings. The van der Waals surface area contributed by atoms with Crippen LogP contribution in [0.25, 0.3) is 11.3 Å². The van der Waals surface area contributed by atoms with E-state index in [0.717, 1.165) is 17.7 Å².